The van der Waals surface area contributed by atoms with Gasteiger partial charge in [0.05, 0.1) is 0 Å². The van der Waals surface area contributed by atoms with Gasteiger partial charge in [-0.2, -0.15) is 0 Å². The monoisotopic (exact) mass is 361 g/mol. The maximum Gasteiger partial charge on any atom is 0.256 e. The number of amides is 2. The molecule has 1 fully saturated rings. The van der Waals surface area contributed by atoms with Crippen LogP contribution in [-0.4, -0.2) is 23.9 Å². The fourth-order valence-corrected chi connectivity index (χ4v) is 3.10. The first-order chi connectivity index (χ1) is 11.9. The van der Waals surface area contributed by atoms with Crippen molar-refractivity contribution in [2.24, 2.45) is 5.73 Å². The number of nitrogens with zero attached hydrogens (tertiary/aromatic N) is 1. The van der Waals surface area contributed by atoms with Gasteiger partial charge in [0, 0.05) is 30.2 Å². The highest BCUT2D eigenvalue weighted by Crippen LogP contribution is 2.27. The maximum absolute atomic E-state index is 13.3. The minimum absolute atomic E-state index is 0.0356. The van der Waals surface area contributed by atoms with Crippen LogP contribution in [0.5, 0.6) is 0 Å². The van der Waals surface area contributed by atoms with Crippen LogP contribution < -0.4 is 16.0 Å². The van der Waals surface area contributed by atoms with E-state index in [0.717, 1.165) is 0 Å². The fourth-order valence-electron chi connectivity index (χ4n) is 2.86. The van der Waals surface area contributed by atoms with Gasteiger partial charge in [-0.1, -0.05) is 29.8 Å². The Labute approximate surface area is 149 Å². The summed E-state index contributed by atoms with van der Waals surface area (Å²) >= 11 is 5.79. The summed E-state index contributed by atoms with van der Waals surface area (Å²) in [7, 11) is 0. The van der Waals surface area contributed by atoms with Crippen LogP contribution in [0.3, 0.4) is 0 Å². The number of rotatable bonds is 4. The van der Waals surface area contributed by atoms with E-state index in [2.05, 4.69) is 5.32 Å². The maximum atomic E-state index is 13.3. The van der Waals surface area contributed by atoms with E-state index in [1.54, 1.807) is 18.2 Å². The Hall–Kier alpha value is -2.44. The smallest absolute Gasteiger partial charge is 0.256 e. The fraction of sp³-hybridized carbons (Fsp3) is 0.222. The SMILES string of the molecule is N[C@]1(C(=O)NCc2cc(F)cc(Cl)c2)CCN(c2ccccc2)C1=O. The van der Waals surface area contributed by atoms with Crippen molar-refractivity contribution in [3.63, 3.8) is 0 Å². The predicted octanol–water partition coefficient (Wildman–Crippen LogP) is 2.23. The molecule has 1 saturated heterocycles. The van der Waals surface area contributed by atoms with Crippen molar-refractivity contribution in [1.82, 2.24) is 5.32 Å². The molecule has 130 valence electrons. The lowest BCUT2D eigenvalue weighted by molar-refractivity contribution is -0.134. The van der Waals surface area contributed by atoms with Crippen molar-refractivity contribution in [2.75, 3.05) is 11.4 Å². The Balaban J connectivity index is 1.70. The van der Waals surface area contributed by atoms with Gasteiger partial charge < -0.3 is 16.0 Å². The van der Waals surface area contributed by atoms with E-state index in [-0.39, 0.29) is 18.0 Å². The van der Waals surface area contributed by atoms with Gasteiger partial charge in [0.1, 0.15) is 5.82 Å². The molecule has 0 aliphatic carbocycles. The van der Waals surface area contributed by atoms with Gasteiger partial charge in [0.2, 0.25) is 5.91 Å². The molecule has 25 heavy (non-hydrogen) atoms. The van der Waals surface area contributed by atoms with Crippen LogP contribution in [0, 0.1) is 5.82 Å². The average molecular weight is 362 g/mol. The minimum Gasteiger partial charge on any atom is -0.350 e. The summed E-state index contributed by atoms with van der Waals surface area (Å²) < 4.78 is 13.3. The first kappa shape index (κ1) is 17.4. The summed E-state index contributed by atoms with van der Waals surface area (Å²) in [6, 6.07) is 13.0. The number of benzene rings is 2. The second-order valence-corrected chi connectivity index (χ2v) is 6.41. The zero-order chi connectivity index (χ0) is 18.0. The lowest BCUT2D eigenvalue weighted by Crippen LogP contribution is -2.58. The highest BCUT2D eigenvalue weighted by molar-refractivity contribution is 6.30. The highest BCUT2D eigenvalue weighted by atomic mass is 35.5. The van der Waals surface area contributed by atoms with Gasteiger partial charge in [-0.05, 0) is 35.9 Å². The standard InChI is InChI=1S/C18H17ClFN3O2/c19-13-8-12(9-14(20)10-13)11-22-16(24)18(21)6-7-23(17(18)25)15-4-2-1-3-5-15/h1-5,8-10H,6-7,11,21H2,(H,22,24)/t18-/m0/s1. The molecule has 0 saturated carbocycles. The van der Waals surface area contributed by atoms with Crippen molar-refractivity contribution >= 4 is 29.1 Å². The van der Waals surface area contributed by atoms with Crippen molar-refractivity contribution in [3.8, 4) is 0 Å². The van der Waals surface area contributed by atoms with E-state index in [9.17, 15) is 14.0 Å². The van der Waals surface area contributed by atoms with E-state index in [1.165, 1.54) is 17.0 Å². The number of hydrogen-bond donors (Lipinski definition) is 2. The average Bonchev–Trinajstić information content (AvgIpc) is 2.89. The van der Waals surface area contributed by atoms with Gasteiger partial charge in [-0.15, -0.1) is 0 Å². The molecule has 0 aromatic heterocycles. The molecular formula is C18H17ClFN3O2. The topological polar surface area (TPSA) is 75.4 Å². The third kappa shape index (κ3) is 3.50. The van der Waals surface area contributed by atoms with Crippen molar-refractivity contribution < 1.29 is 14.0 Å². The number of para-hydroxylation sites is 1. The van der Waals surface area contributed by atoms with Gasteiger partial charge in [-0.3, -0.25) is 9.59 Å². The molecule has 2 aromatic carbocycles. The zero-order valence-electron chi connectivity index (χ0n) is 13.3. The molecule has 0 bridgehead atoms. The molecule has 3 rings (SSSR count). The number of halogens is 2. The number of anilines is 1. The molecule has 1 heterocycles. The van der Waals surface area contributed by atoms with E-state index < -0.39 is 23.2 Å². The van der Waals surface area contributed by atoms with Gasteiger partial charge in [-0.25, -0.2) is 4.39 Å². The van der Waals surface area contributed by atoms with Gasteiger partial charge >= 0.3 is 0 Å². The second kappa shape index (κ2) is 6.82. The van der Waals surface area contributed by atoms with Crippen LogP contribution in [0.1, 0.15) is 12.0 Å². The molecule has 2 aromatic rings. The number of nitrogens with one attached hydrogen (secondary N) is 1. The Kier molecular flexibility index (Phi) is 4.74. The Morgan fingerprint density at radius 2 is 2.00 bits per heavy atom. The summed E-state index contributed by atoms with van der Waals surface area (Å²) in [4.78, 5) is 26.6. The van der Waals surface area contributed by atoms with Crippen molar-refractivity contribution in [1.29, 1.82) is 0 Å². The highest BCUT2D eigenvalue weighted by Gasteiger charge is 2.49. The molecule has 5 nitrogen and oxygen atoms in total. The molecule has 2 amide bonds. The lowest BCUT2D eigenvalue weighted by atomic mass is 9.98. The Bertz CT molecular complexity index is 795. The molecule has 0 radical (unpaired) electrons. The molecule has 7 heteroatoms. The molecule has 0 unspecified atom stereocenters. The van der Waals surface area contributed by atoms with E-state index in [1.807, 2.05) is 18.2 Å². The van der Waals surface area contributed by atoms with Crippen LogP contribution in [0.4, 0.5) is 10.1 Å². The van der Waals surface area contributed by atoms with Gasteiger partial charge in [0.15, 0.2) is 5.54 Å². The van der Waals surface area contributed by atoms with E-state index in [0.29, 0.717) is 17.8 Å². The number of carbonyl (C=O) groups is 2. The number of nitrogens with two attached hydrogens (primary N) is 1. The third-order valence-corrected chi connectivity index (χ3v) is 4.42. The summed E-state index contributed by atoms with van der Waals surface area (Å²) in [6.45, 7) is 0.395. The minimum atomic E-state index is -1.63. The third-order valence-electron chi connectivity index (χ3n) is 4.20. The molecule has 1 aliphatic heterocycles. The normalized spacial score (nSPS) is 20.0. The first-order valence-corrected chi connectivity index (χ1v) is 8.17. The number of carbonyl (C=O) groups excluding carboxylic acids is 2. The first-order valence-electron chi connectivity index (χ1n) is 7.79. The lowest BCUT2D eigenvalue weighted by Gasteiger charge is -2.22. The Morgan fingerprint density at radius 1 is 1.28 bits per heavy atom. The number of hydrogen-bond acceptors (Lipinski definition) is 3. The van der Waals surface area contributed by atoms with Gasteiger partial charge in [0.25, 0.3) is 5.91 Å². The quantitative estimate of drug-likeness (QED) is 0.820. The van der Waals surface area contributed by atoms with Crippen molar-refractivity contribution in [3.05, 3.63) is 64.9 Å². The van der Waals surface area contributed by atoms with E-state index in [4.69, 9.17) is 17.3 Å². The molecular weight excluding hydrogens is 345 g/mol. The van der Waals surface area contributed by atoms with Crippen LogP contribution in [0.25, 0.3) is 0 Å². The Morgan fingerprint density at radius 3 is 2.68 bits per heavy atom. The molecule has 1 atom stereocenters. The summed E-state index contributed by atoms with van der Waals surface area (Å²) in [6.07, 6.45) is 0.205. The molecule has 0 spiro atoms. The van der Waals surface area contributed by atoms with E-state index >= 15 is 0 Å². The van der Waals surface area contributed by atoms with Crippen LogP contribution in [-0.2, 0) is 16.1 Å². The van der Waals surface area contributed by atoms with Crippen LogP contribution >= 0.6 is 11.6 Å². The summed E-state index contributed by atoms with van der Waals surface area (Å²) in [5.41, 5.74) is 5.65. The van der Waals surface area contributed by atoms with Crippen LogP contribution in [0.15, 0.2) is 48.5 Å². The summed E-state index contributed by atoms with van der Waals surface area (Å²) in [5, 5.41) is 2.84. The predicted molar refractivity (Wildman–Crippen MR) is 93.6 cm³/mol. The summed E-state index contributed by atoms with van der Waals surface area (Å²) in [5.74, 6) is -1.53. The van der Waals surface area contributed by atoms with Crippen molar-refractivity contribution in [2.45, 2.75) is 18.5 Å². The largest absolute Gasteiger partial charge is 0.350 e. The zero-order valence-corrected chi connectivity index (χ0v) is 14.1. The second-order valence-electron chi connectivity index (χ2n) is 5.97. The molecule has 3 N–H and O–H groups in total. The molecule has 1 aliphatic rings. The van der Waals surface area contributed by atoms with Crippen LogP contribution in [0.2, 0.25) is 5.02 Å².